The molecule has 3 aromatic rings. The fourth-order valence-corrected chi connectivity index (χ4v) is 3.78. The van der Waals surface area contributed by atoms with Gasteiger partial charge in [0.2, 0.25) is 0 Å². The van der Waals surface area contributed by atoms with Crippen LogP contribution in [0, 0.1) is 12.7 Å². The highest BCUT2D eigenvalue weighted by Crippen LogP contribution is 2.36. The SMILES string of the molecule is Cc1ccc(-c2nnc(NC3CCCN(C)C3)c3cccc(F)c23)c(O)c1. The molecule has 2 aromatic carbocycles. The molecule has 1 aliphatic rings. The summed E-state index contributed by atoms with van der Waals surface area (Å²) in [5.74, 6) is 0.282. The number of aromatic nitrogens is 2. The van der Waals surface area contributed by atoms with Crippen LogP contribution in [0.4, 0.5) is 10.2 Å². The minimum atomic E-state index is -0.374. The number of aromatic hydroxyl groups is 1. The monoisotopic (exact) mass is 366 g/mol. The van der Waals surface area contributed by atoms with Crippen molar-refractivity contribution in [3.63, 3.8) is 0 Å². The fourth-order valence-electron chi connectivity index (χ4n) is 3.78. The summed E-state index contributed by atoms with van der Waals surface area (Å²) in [7, 11) is 2.10. The van der Waals surface area contributed by atoms with Gasteiger partial charge in [0.25, 0.3) is 0 Å². The molecule has 0 amide bonds. The largest absolute Gasteiger partial charge is 0.507 e. The van der Waals surface area contributed by atoms with Crippen LogP contribution in [0.3, 0.4) is 0 Å². The first-order valence-electron chi connectivity index (χ1n) is 9.23. The molecule has 1 aromatic heterocycles. The van der Waals surface area contributed by atoms with Gasteiger partial charge in [-0.2, -0.15) is 0 Å². The van der Waals surface area contributed by atoms with E-state index in [2.05, 4.69) is 27.5 Å². The van der Waals surface area contributed by atoms with Gasteiger partial charge >= 0.3 is 0 Å². The molecule has 0 bridgehead atoms. The van der Waals surface area contributed by atoms with E-state index >= 15 is 0 Å². The van der Waals surface area contributed by atoms with Crippen LogP contribution in [0.25, 0.3) is 22.0 Å². The number of anilines is 1. The van der Waals surface area contributed by atoms with E-state index in [9.17, 15) is 9.50 Å². The van der Waals surface area contributed by atoms with Gasteiger partial charge in [-0.3, -0.25) is 0 Å². The molecule has 2 heterocycles. The molecule has 1 fully saturated rings. The Bertz CT molecular complexity index is 991. The Morgan fingerprint density at radius 1 is 1.22 bits per heavy atom. The van der Waals surface area contributed by atoms with Crippen molar-refractivity contribution in [3.8, 4) is 17.0 Å². The van der Waals surface area contributed by atoms with Crippen LogP contribution in [-0.4, -0.2) is 46.4 Å². The minimum absolute atomic E-state index is 0.0727. The van der Waals surface area contributed by atoms with Crippen molar-refractivity contribution in [1.29, 1.82) is 0 Å². The highest BCUT2D eigenvalue weighted by Gasteiger charge is 2.21. The number of rotatable bonds is 3. The van der Waals surface area contributed by atoms with E-state index in [1.54, 1.807) is 18.2 Å². The van der Waals surface area contributed by atoms with Crippen molar-refractivity contribution >= 4 is 16.6 Å². The Hall–Kier alpha value is -2.73. The lowest BCUT2D eigenvalue weighted by Crippen LogP contribution is -2.40. The second kappa shape index (κ2) is 7.12. The molecule has 140 valence electrons. The van der Waals surface area contributed by atoms with Gasteiger partial charge in [0.15, 0.2) is 5.82 Å². The average Bonchev–Trinajstić information content (AvgIpc) is 2.63. The number of likely N-dealkylation sites (tertiary alicyclic amines) is 1. The van der Waals surface area contributed by atoms with E-state index in [-0.39, 0.29) is 17.6 Å². The fraction of sp³-hybridized carbons (Fsp3) is 0.333. The van der Waals surface area contributed by atoms with Crippen LogP contribution in [0.1, 0.15) is 18.4 Å². The average molecular weight is 366 g/mol. The van der Waals surface area contributed by atoms with Crippen molar-refractivity contribution in [2.24, 2.45) is 0 Å². The van der Waals surface area contributed by atoms with Crippen LogP contribution < -0.4 is 5.32 Å². The number of likely N-dealkylation sites (N-methyl/N-ethyl adjacent to an activating group) is 1. The van der Waals surface area contributed by atoms with E-state index < -0.39 is 0 Å². The second-order valence-electron chi connectivity index (χ2n) is 7.33. The standard InChI is InChI=1S/C21H23FN4O/c1-13-8-9-15(18(27)11-13)20-19-16(6-3-7-17(19)22)21(25-24-20)23-14-5-4-10-26(2)12-14/h3,6-9,11,14,27H,4-5,10,12H2,1-2H3,(H,23,25). The topological polar surface area (TPSA) is 61.3 Å². The van der Waals surface area contributed by atoms with Crippen molar-refractivity contribution in [2.75, 3.05) is 25.5 Å². The summed E-state index contributed by atoms with van der Waals surface area (Å²) in [5, 5.41) is 23.5. The molecule has 1 atom stereocenters. The van der Waals surface area contributed by atoms with Gasteiger partial charge < -0.3 is 15.3 Å². The number of benzene rings is 2. The molecule has 0 saturated carbocycles. The van der Waals surface area contributed by atoms with Crippen LogP contribution in [0.5, 0.6) is 5.75 Å². The van der Waals surface area contributed by atoms with E-state index in [1.165, 1.54) is 6.07 Å². The summed E-state index contributed by atoms with van der Waals surface area (Å²) < 4.78 is 14.8. The maximum Gasteiger partial charge on any atom is 0.156 e. The molecule has 0 spiro atoms. The molecular weight excluding hydrogens is 343 g/mol. The number of phenolic OH excluding ortho intramolecular Hbond substituents is 1. The van der Waals surface area contributed by atoms with Gasteiger partial charge in [0.1, 0.15) is 17.3 Å². The van der Waals surface area contributed by atoms with Gasteiger partial charge in [0, 0.05) is 28.9 Å². The first-order chi connectivity index (χ1) is 13.0. The molecule has 2 N–H and O–H groups in total. The number of nitrogens with zero attached hydrogens (tertiary/aromatic N) is 3. The third-order valence-electron chi connectivity index (χ3n) is 5.13. The number of halogens is 1. The van der Waals surface area contributed by atoms with Crippen LogP contribution >= 0.6 is 0 Å². The number of phenols is 1. The quantitative estimate of drug-likeness (QED) is 0.735. The summed E-state index contributed by atoms with van der Waals surface area (Å²) >= 11 is 0. The lowest BCUT2D eigenvalue weighted by molar-refractivity contribution is 0.261. The summed E-state index contributed by atoms with van der Waals surface area (Å²) in [6, 6.07) is 10.5. The first-order valence-corrected chi connectivity index (χ1v) is 9.23. The van der Waals surface area contributed by atoms with Crippen LogP contribution in [0.15, 0.2) is 36.4 Å². The van der Waals surface area contributed by atoms with Gasteiger partial charge in [0.05, 0.1) is 0 Å². The predicted octanol–water partition coefficient (Wildman–Crippen LogP) is 3.96. The van der Waals surface area contributed by atoms with Gasteiger partial charge in [-0.05, 0) is 57.1 Å². The zero-order valence-electron chi connectivity index (χ0n) is 15.5. The smallest absolute Gasteiger partial charge is 0.156 e. The molecular formula is C21H23FN4O. The number of nitrogens with one attached hydrogen (secondary N) is 1. The Kier molecular flexibility index (Phi) is 4.66. The molecule has 1 saturated heterocycles. The van der Waals surface area contributed by atoms with Gasteiger partial charge in [-0.15, -0.1) is 10.2 Å². The normalized spacial score (nSPS) is 18.0. The van der Waals surface area contributed by atoms with Crippen LogP contribution in [-0.2, 0) is 0 Å². The van der Waals surface area contributed by atoms with Crippen molar-refractivity contribution in [3.05, 3.63) is 47.8 Å². The molecule has 0 aliphatic carbocycles. The van der Waals surface area contributed by atoms with Crippen molar-refractivity contribution < 1.29 is 9.50 Å². The lowest BCUT2D eigenvalue weighted by atomic mass is 10.0. The maximum atomic E-state index is 14.8. The third-order valence-corrected chi connectivity index (χ3v) is 5.13. The Morgan fingerprint density at radius 3 is 2.85 bits per heavy atom. The summed E-state index contributed by atoms with van der Waals surface area (Å²) in [6.07, 6.45) is 2.16. The zero-order valence-corrected chi connectivity index (χ0v) is 15.5. The summed E-state index contributed by atoms with van der Waals surface area (Å²) in [5.41, 5.74) is 1.76. The van der Waals surface area contributed by atoms with E-state index in [0.717, 1.165) is 31.5 Å². The number of hydrogen-bond acceptors (Lipinski definition) is 5. The molecule has 27 heavy (non-hydrogen) atoms. The molecule has 0 radical (unpaired) electrons. The minimum Gasteiger partial charge on any atom is -0.507 e. The molecule has 5 nitrogen and oxygen atoms in total. The van der Waals surface area contributed by atoms with Crippen molar-refractivity contribution in [1.82, 2.24) is 15.1 Å². The molecule has 6 heteroatoms. The Balaban J connectivity index is 1.81. The molecule has 4 rings (SSSR count). The highest BCUT2D eigenvalue weighted by atomic mass is 19.1. The lowest BCUT2D eigenvalue weighted by Gasteiger charge is -2.30. The Morgan fingerprint density at radius 2 is 2.07 bits per heavy atom. The summed E-state index contributed by atoms with van der Waals surface area (Å²) in [6.45, 7) is 3.89. The predicted molar refractivity (Wildman–Crippen MR) is 105 cm³/mol. The number of aryl methyl sites for hydroxylation is 1. The van der Waals surface area contributed by atoms with E-state index in [0.29, 0.717) is 27.8 Å². The Labute approximate surface area is 157 Å². The maximum absolute atomic E-state index is 14.8. The van der Waals surface area contributed by atoms with Crippen molar-refractivity contribution in [2.45, 2.75) is 25.8 Å². The third kappa shape index (κ3) is 3.45. The highest BCUT2D eigenvalue weighted by molar-refractivity contribution is 6.01. The first kappa shape index (κ1) is 17.7. The van der Waals surface area contributed by atoms with Crippen LogP contribution in [0.2, 0.25) is 0 Å². The zero-order chi connectivity index (χ0) is 19.0. The number of hydrogen-bond donors (Lipinski definition) is 2. The molecule has 1 aliphatic heterocycles. The number of piperidine rings is 1. The second-order valence-corrected chi connectivity index (χ2v) is 7.33. The number of fused-ring (bicyclic) bond motifs is 1. The molecule has 1 unspecified atom stereocenters. The van der Waals surface area contributed by atoms with Gasteiger partial charge in [-0.25, -0.2) is 4.39 Å². The van der Waals surface area contributed by atoms with E-state index in [4.69, 9.17) is 0 Å². The van der Waals surface area contributed by atoms with Gasteiger partial charge in [-0.1, -0.05) is 18.2 Å². The van der Waals surface area contributed by atoms with E-state index in [1.807, 2.05) is 19.1 Å². The summed E-state index contributed by atoms with van der Waals surface area (Å²) in [4.78, 5) is 2.27.